The van der Waals surface area contributed by atoms with E-state index in [9.17, 15) is 9.59 Å². The molecule has 0 aromatic heterocycles. The third kappa shape index (κ3) is 9.44. The molecular formula is C17H34KLiO4. The Bertz CT molecular complexity index is 366. The van der Waals surface area contributed by atoms with E-state index in [1.165, 1.54) is 0 Å². The van der Waals surface area contributed by atoms with Gasteiger partial charge in [-0.25, -0.2) is 0 Å². The number of rotatable bonds is 4. The van der Waals surface area contributed by atoms with Crippen molar-refractivity contribution in [2.24, 2.45) is 10.8 Å². The van der Waals surface area contributed by atoms with Gasteiger partial charge in [0.15, 0.2) is 0 Å². The minimum atomic E-state index is -0.649. The van der Waals surface area contributed by atoms with Crippen LogP contribution in [0.2, 0.25) is 0 Å². The zero-order chi connectivity index (χ0) is 17.3. The van der Waals surface area contributed by atoms with Crippen molar-refractivity contribution in [3.8, 4) is 0 Å². The molecule has 0 fully saturated rings. The first-order valence-corrected chi connectivity index (χ1v) is 7.43. The summed E-state index contributed by atoms with van der Waals surface area (Å²) in [5, 5.41) is 0. The Morgan fingerprint density at radius 1 is 0.652 bits per heavy atom. The molecule has 0 atom stereocenters. The molecule has 0 heterocycles. The summed E-state index contributed by atoms with van der Waals surface area (Å²) >= 11 is 0. The van der Waals surface area contributed by atoms with Crippen LogP contribution >= 0.6 is 0 Å². The Labute approximate surface area is 196 Å². The third-order valence-corrected chi connectivity index (χ3v) is 4.64. The second-order valence-corrected chi connectivity index (χ2v) is 8.65. The third-order valence-electron chi connectivity index (χ3n) is 4.64. The quantitative estimate of drug-likeness (QED) is 0.445. The van der Waals surface area contributed by atoms with Crippen molar-refractivity contribution in [2.75, 3.05) is 0 Å². The fourth-order valence-electron chi connectivity index (χ4n) is 1.07. The molecule has 128 valence electrons. The molecule has 0 saturated heterocycles. The van der Waals surface area contributed by atoms with Gasteiger partial charge in [-0.05, 0) is 27.7 Å². The molecular weight excluding hydrogens is 314 g/mol. The van der Waals surface area contributed by atoms with Gasteiger partial charge in [-0.15, -0.1) is 0 Å². The Morgan fingerprint density at radius 2 is 0.870 bits per heavy atom. The second kappa shape index (κ2) is 9.76. The summed E-state index contributed by atoms with van der Waals surface area (Å²) in [6, 6.07) is 0. The van der Waals surface area contributed by atoms with Crippen molar-refractivity contribution in [3.05, 3.63) is 0 Å². The normalized spacial score (nSPS) is 12.6. The van der Waals surface area contributed by atoms with Gasteiger partial charge < -0.3 is 9.47 Å². The van der Waals surface area contributed by atoms with Crippen LogP contribution in [0.3, 0.4) is 0 Å². The van der Waals surface area contributed by atoms with E-state index >= 15 is 0 Å². The molecule has 0 aliphatic carbocycles. The summed E-state index contributed by atoms with van der Waals surface area (Å²) in [6.45, 7) is 19.3. The Morgan fingerprint density at radius 3 is 1.04 bits per heavy atom. The number of carbonyl (C=O) groups excluding carboxylic acids is 2. The molecule has 4 nitrogen and oxygen atoms in total. The van der Waals surface area contributed by atoms with E-state index in [0.717, 1.165) is 0 Å². The van der Waals surface area contributed by atoms with Crippen molar-refractivity contribution in [3.63, 3.8) is 0 Å². The molecule has 0 N–H and O–H groups in total. The van der Waals surface area contributed by atoms with E-state index in [1.807, 2.05) is 69.2 Å². The zero-order valence-electron chi connectivity index (χ0n) is 15.3. The average Bonchev–Trinajstić information content (AvgIpc) is 2.10. The van der Waals surface area contributed by atoms with Crippen molar-refractivity contribution in [1.29, 1.82) is 0 Å². The second-order valence-electron chi connectivity index (χ2n) is 8.65. The maximum atomic E-state index is 11.9. The van der Waals surface area contributed by atoms with E-state index in [1.54, 1.807) is 0 Å². The van der Waals surface area contributed by atoms with Crippen LogP contribution in [0.1, 0.15) is 75.7 Å². The summed E-state index contributed by atoms with van der Waals surface area (Å²) in [7, 11) is 0. The monoisotopic (exact) mass is 348 g/mol. The summed E-state index contributed by atoms with van der Waals surface area (Å²) in [4.78, 5) is 23.9. The SMILES string of the molecule is CC(C)(C)C(C)(C)OC(=O)CC(=O)OC(C)(C)C(C)(C)C.[KH].[LiH]. The van der Waals surface area contributed by atoms with Crippen LogP contribution in [-0.2, 0) is 19.1 Å². The molecule has 0 aliphatic heterocycles. The Kier molecular flexibility index (Phi) is 12.3. The van der Waals surface area contributed by atoms with Crippen molar-refractivity contribution in [2.45, 2.75) is 86.9 Å². The van der Waals surface area contributed by atoms with Crippen LogP contribution in [0, 0.1) is 10.8 Å². The Hall–Kier alpha value is 1.17. The van der Waals surface area contributed by atoms with Crippen LogP contribution in [0.5, 0.6) is 0 Å². The maximum absolute atomic E-state index is 11.9. The van der Waals surface area contributed by atoms with Gasteiger partial charge in [-0.3, -0.25) is 9.59 Å². The van der Waals surface area contributed by atoms with Crippen LogP contribution in [0.15, 0.2) is 0 Å². The molecule has 0 bridgehead atoms. The fraction of sp³-hybridized carbons (Fsp3) is 0.882. The van der Waals surface area contributed by atoms with Gasteiger partial charge in [0, 0.05) is 10.8 Å². The molecule has 0 unspecified atom stereocenters. The topological polar surface area (TPSA) is 52.6 Å². The van der Waals surface area contributed by atoms with E-state index in [-0.39, 0.29) is 87.5 Å². The molecule has 0 aromatic rings. The number of hydrogen-bond donors (Lipinski definition) is 0. The molecule has 0 saturated carbocycles. The first-order valence-electron chi connectivity index (χ1n) is 7.43. The van der Waals surface area contributed by atoms with Crippen molar-refractivity contribution < 1.29 is 19.1 Å². The van der Waals surface area contributed by atoms with Gasteiger partial charge >= 0.3 is 82.2 Å². The summed E-state index contributed by atoms with van der Waals surface area (Å²) in [5.41, 5.74) is -1.72. The van der Waals surface area contributed by atoms with Gasteiger partial charge in [-0.1, -0.05) is 41.5 Å². The molecule has 0 amide bonds. The van der Waals surface area contributed by atoms with Gasteiger partial charge in [0.05, 0.1) is 0 Å². The number of esters is 2. The Balaban J connectivity index is -0.00000200. The van der Waals surface area contributed by atoms with E-state index in [4.69, 9.17) is 9.47 Å². The average molecular weight is 348 g/mol. The van der Waals surface area contributed by atoms with Gasteiger partial charge in [0.1, 0.15) is 17.6 Å². The van der Waals surface area contributed by atoms with Gasteiger partial charge in [0.2, 0.25) is 0 Å². The summed E-state index contributed by atoms with van der Waals surface area (Å²) < 4.78 is 10.9. The summed E-state index contributed by atoms with van der Waals surface area (Å²) in [6.07, 6.45) is -0.362. The first kappa shape index (κ1) is 29.0. The minimum absolute atomic E-state index is 0. The van der Waals surface area contributed by atoms with Crippen molar-refractivity contribution >= 4 is 82.2 Å². The van der Waals surface area contributed by atoms with E-state index in [2.05, 4.69) is 0 Å². The zero-order valence-corrected chi connectivity index (χ0v) is 15.3. The molecule has 0 radical (unpaired) electrons. The van der Waals surface area contributed by atoms with E-state index in [0.29, 0.717) is 0 Å². The predicted octanol–water partition coefficient (Wildman–Crippen LogP) is 2.82. The van der Waals surface area contributed by atoms with Crippen LogP contribution in [0.25, 0.3) is 0 Å². The molecule has 0 aromatic carbocycles. The van der Waals surface area contributed by atoms with E-state index < -0.39 is 23.1 Å². The number of ether oxygens (including phenoxy) is 2. The predicted molar refractivity (Wildman–Crippen MR) is 98.2 cm³/mol. The molecule has 6 heteroatoms. The number of hydrogen-bond acceptors (Lipinski definition) is 4. The van der Waals surface area contributed by atoms with Crippen molar-refractivity contribution in [1.82, 2.24) is 0 Å². The summed E-state index contributed by atoms with van der Waals surface area (Å²) in [5.74, 6) is -1.10. The van der Waals surface area contributed by atoms with Crippen LogP contribution < -0.4 is 0 Å². The van der Waals surface area contributed by atoms with Gasteiger partial charge in [-0.2, -0.15) is 0 Å². The molecule has 23 heavy (non-hydrogen) atoms. The van der Waals surface area contributed by atoms with Gasteiger partial charge in [0.25, 0.3) is 0 Å². The molecule has 0 rings (SSSR count). The van der Waals surface area contributed by atoms with Crippen LogP contribution in [-0.4, -0.2) is 93.4 Å². The van der Waals surface area contributed by atoms with Crippen LogP contribution in [0.4, 0.5) is 0 Å². The fourth-order valence-corrected chi connectivity index (χ4v) is 1.07. The first-order chi connectivity index (χ1) is 8.99. The molecule has 0 aliphatic rings. The number of carbonyl (C=O) groups is 2. The molecule has 0 spiro atoms. The standard InChI is InChI=1S/C17H32O4.K.Li.2H/c1-14(2,3)16(7,8)20-12(18)11-13(19)21-17(9,10)15(4,5)6;;;;/h11H2,1-10H3;;;;.